The molecule has 0 saturated carbocycles. The number of nitrogens with zero attached hydrogens (tertiary/aromatic N) is 2. The molecule has 1 aromatic rings. The van der Waals surface area contributed by atoms with Crippen molar-refractivity contribution < 1.29 is 4.74 Å². The predicted octanol–water partition coefficient (Wildman–Crippen LogP) is 2.94. The van der Waals surface area contributed by atoms with Crippen LogP contribution in [0.15, 0.2) is 12.4 Å². The molecule has 1 rings (SSSR count). The van der Waals surface area contributed by atoms with Crippen LogP contribution < -0.4 is 4.74 Å². The summed E-state index contributed by atoms with van der Waals surface area (Å²) in [5, 5.41) is 0. The molecular weight excluding hydrogens is 256 g/mol. The number of hydrogen-bond acceptors (Lipinski definition) is 3. The second-order valence-electron chi connectivity index (χ2n) is 4.28. The lowest BCUT2D eigenvalue weighted by molar-refractivity contribution is 0.363. The van der Waals surface area contributed by atoms with Crippen LogP contribution in [0.4, 0.5) is 0 Å². The lowest BCUT2D eigenvalue weighted by Crippen LogP contribution is -2.23. The molecule has 0 aliphatic carbocycles. The highest BCUT2D eigenvalue weighted by Gasteiger charge is 2.28. The second kappa shape index (κ2) is 4.92. The lowest BCUT2D eigenvalue weighted by Gasteiger charge is -2.26. The molecule has 0 amide bonds. The summed E-state index contributed by atoms with van der Waals surface area (Å²) in [5.41, 5.74) is 0.876. The van der Waals surface area contributed by atoms with Crippen LogP contribution in [0.1, 0.15) is 32.9 Å². The molecule has 1 aromatic heterocycles. The van der Waals surface area contributed by atoms with Crippen molar-refractivity contribution in [2.75, 3.05) is 7.11 Å². The molecule has 3 nitrogen and oxygen atoms in total. The van der Waals surface area contributed by atoms with E-state index in [1.165, 1.54) is 0 Å². The quantitative estimate of drug-likeness (QED) is 0.791. The largest absolute Gasteiger partial charge is 0.480 e. The van der Waals surface area contributed by atoms with Gasteiger partial charge in [-0.15, -0.1) is 0 Å². The van der Waals surface area contributed by atoms with E-state index in [1.54, 1.807) is 19.5 Å². The van der Waals surface area contributed by atoms with E-state index in [1.807, 2.05) is 0 Å². The Bertz CT molecular complexity index is 326. The highest BCUT2D eigenvalue weighted by Crippen LogP contribution is 2.33. The van der Waals surface area contributed by atoms with Crippen molar-refractivity contribution in [1.82, 2.24) is 9.97 Å². The maximum absolute atomic E-state index is 5.22. The van der Waals surface area contributed by atoms with E-state index in [0.29, 0.717) is 10.7 Å². The molecule has 0 N–H and O–H groups in total. The van der Waals surface area contributed by atoms with Crippen LogP contribution in [0.25, 0.3) is 0 Å². The number of ether oxygens (including phenoxy) is 1. The fourth-order valence-corrected chi connectivity index (χ4v) is 2.55. The van der Waals surface area contributed by atoms with Crippen molar-refractivity contribution in [2.24, 2.45) is 0 Å². The first kappa shape index (κ1) is 12.4. The summed E-state index contributed by atoms with van der Waals surface area (Å²) in [4.78, 5) is 8.98. The zero-order valence-electron chi connectivity index (χ0n) is 9.62. The van der Waals surface area contributed by atoms with E-state index in [2.05, 4.69) is 46.7 Å². The smallest absolute Gasteiger partial charge is 0.235 e. The Labute approximate surface area is 99.4 Å². The maximum atomic E-state index is 5.22. The molecule has 0 radical (unpaired) electrons. The average Bonchev–Trinajstić information content (AvgIpc) is 2.16. The Morgan fingerprint density at radius 3 is 2.53 bits per heavy atom. The van der Waals surface area contributed by atoms with Crippen LogP contribution >= 0.6 is 15.9 Å². The molecule has 0 aliphatic heterocycles. The highest BCUT2D eigenvalue weighted by atomic mass is 79.9. The standard InChI is InChI=1S/C11H17BrN2O/c1-8(12)7-11(2,3)9-10(15-4)14-6-5-13-9/h5-6,8H,7H2,1-4H3. The molecule has 0 fully saturated rings. The molecular formula is C11H17BrN2O. The van der Waals surface area contributed by atoms with Crippen LogP contribution in [0, 0.1) is 0 Å². The van der Waals surface area contributed by atoms with Crippen LogP contribution in [0.3, 0.4) is 0 Å². The van der Waals surface area contributed by atoms with Crippen molar-refractivity contribution >= 4 is 15.9 Å². The topological polar surface area (TPSA) is 35.0 Å². The first-order chi connectivity index (χ1) is 6.97. The van der Waals surface area contributed by atoms with Gasteiger partial charge in [0, 0.05) is 22.6 Å². The van der Waals surface area contributed by atoms with Crippen molar-refractivity contribution in [3.63, 3.8) is 0 Å². The number of alkyl halides is 1. The number of hydrogen-bond donors (Lipinski definition) is 0. The Hall–Kier alpha value is -0.640. The first-order valence-corrected chi connectivity index (χ1v) is 5.88. The summed E-state index contributed by atoms with van der Waals surface area (Å²) >= 11 is 3.56. The number of methoxy groups -OCH3 is 1. The summed E-state index contributed by atoms with van der Waals surface area (Å²) in [6.07, 6.45) is 4.34. The summed E-state index contributed by atoms with van der Waals surface area (Å²) < 4.78 is 5.22. The summed E-state index contributed by atoms with van der Waals surface area (Å²) in [5.74, 6) is 0.621. The molecule has 0 saturated heterocycles. The molecule has 0 aliphatic rings. The van der Waals surface area contributed by atoms with Crippen molar-refractivity contribution in [3.05, 3.63) is 18.1 Å². The molecule has 0 bridgehead atoms. The Balaban J connectivity index is 3.02. The van der Waals surface area contributed by atoms with E-state index in [0.717, 1.165) is 12.1 Å². The van der Waals surface area contributed by atoms with Gasteiger partial charge < -0.3 is 4.74 Å². The van der Waals surface area contributed by atoms with Crippen molar-refractivity contribution in [1.29, 1.82) is 0 Å². The molecule has 1 heterocycles. The van der Waals surface area contributed by atoms with Gasteiger partial charge in [-0.2, -0.15) is 0 Å². The van der Waals surface area contributed by atoms with Crippen LogP contribution in [0.5, 0.6) is 5.88 Å². The van der Waals surface area contributed by atoms with Gasteiger partial charge in [-0.25, -0.2) is 4.98 Å². The third-order valence-electron chi connectivity index (χ3n) is 2.29. The molecule has 0 aromatic carbocycles. The van der Waals surface area contributed by atoms with Crippen molar-refractivity contribution in [3.8, 4) is 5.88 Å². The fraction of sp³-hybridized carbons (Fsp3) is 0.636. The van der Waals surface area contributed by atoms with E-state index < -0.39 is 0 Å². The summed E-state index contributed by atoms with van der Waals surface area (Å²) in [7, 11) is 1.63. The van der Waals surface area contributed by atoms with Gasteiger partial charge in [0.05, 0.1) is 7.11 Å². The van der Waals surface area contributed by atoms with Gasteiger partial charge in [-0.05, 0) is 6.42 Å². The van der Waals surface area contributed by atoms with Gasteiger partial charge in [0.25, 0.3) is 0 Å². The zero-order valence-corrected chi connectivity index (χ0v) is 11.2. The van der Waals surface area contributed by atoms with E-state index in [-0.39, 0.29) is 5.41 Å². The molecule has 0 spiro atoms. The molecule has 1 unspecified atom stereocenters. The maximum Gasteiger partial charge on any atom is 0.235 e. The van der Waals surface area contributed by atoms with Gasteiger partial charge in [-0.1, -0.05) is 36.7 Å². The zero-order chi connectivity index (χ0) is 11.5. The van der Waals surface area contributed by atoms with Crippen LogP contribution in [-0.4, -0.2) is 21.9 Å². The molecule has 15 heavy (non-hydrogen) atoms. The Morgan fingerprint density at radius 1 is 1.40 bits per heavy atom. The molecule has 4 heteroatoms. The van der Waals surface area contributed by atoms with E-state index in [9.17, 15) is 0 Å². The van der Waals surface area contributed by atoms with Crippen LogP contribution in [-0.2, 0) is 5.41 Å². The summed E-state index contributed by atoms with van der Waals surface area (Å²) in [6.45, 7) is 6.43. The fourth-order valence-electron chi connectivity index (χ4n) is 1.74. The van der Waals surface area contributed by atoms with E-state index in [4.69, 9.17) is 4.74 Å². The minimum absolute atomic E-state index is 0.0392. The predicted molar refractivity (Wildman–Crippen MR) is 64.6 cm³/mol. The number of rotatable bonds is 4. The van der Waals surface area contributed by atoms with E-state index >= 15 is 0 Å². The lowest BCUT2D eigenvalue weighted by atomic mass is 9.84. The number of halogens is 1. The number of aromatic nitrogens is 2. The SMILES string of the molecule is COc1nccnc1C(C)(C)CC(C)Br. The Kier molecular flexibility index (Phi) is 4.08. The Morgan fingerprint density at radius 2 is 2.00 bits per heavy atom. The minimum Gasteiger partial charge on any atom is -0.480 e. The first-order valence-electron chi connectivity index (χ1n) is 4.97. The summed E-state index contributed by atoms with van der Waals surface area (Å²) in [6, 6.07) is 0. The van der Waals surface area contributed by atoms with Gasteiger partial charge >= 0.3 is 0 Å². The molecule has 84 valence electrons. The van der Waals surface area contributed by atoms with Gasteiger partial charge in [-0.3, -0.25) is 4.98 Å². The highest BCUT2D eigenvalue weighted by molar-refractivity contribution is 9.09. The van der Waals surface area contributed by atoms with Crippen molar-refractivity contribution in [2.45, 2.75) is 37.4 Å². The minimum atomic E-state index is -0.0392. The second-order valence-corrected chi connectivity index (χ2v) is 5.85. The molecule has 1 atom stereocenters. The van der Waals surface area contributed by atoms with Gasteiger partial charge in [0.15, 0.2) is 0 Å². The van der Waals surface area contributed by atoms with Gasteiger partial charge in [0.1, 0.15) is 5.69 Å². The monoisotopic (exact) mass is 272 g/mol. The van der Waals surface area contributed by atoms with Crippen LogP contribution in [0.2, 0.25) is 0 Å². The third-order valence-corrected chi connectivity index (χ3v) is 2.61. The third kappa shape index (κ3) is 3.16. The normalized spacial score (nSPS) is 13.7. The van der Waals surface area contributed by atoms with Gasteiger partial charge in [0.2, 0.25) is 5.88 Å². The average molecular weight is 273 g/mol.